The molecule has 1 aliphatic heterocycles. The Morgan fingerprint density at radius 2 is 1.57 bits per heavy atom. The average Bonchev–Trinajstić information content (AvgIpc) is 3.03. The van der Waals surface area contributed by atoms with Crippen LogP contribution in [0.25, 0.3) is 6.08 Å². The standard InChI is InChI=1S/C37H37N3O6/c1-22-3-8-28(9-4-22)38-33(41)21-46-31-12-5-23(17-32(31)45-2)16-30-34(42)39-36(44)40(35(30)43)29-10-6-27(7-11-29)37-18-24-13-25(19-37)15-26(14-24)20-37/h3-12,16-17,24-26H,13-15,18-21H2,1-2H3,(H,38,41)(H,39,42,44)/b30-16+. The van der Waals surface area contributed by atoms with E-state index >= 15 is 0 Å². The smallest absolute Gasteiger partial charge is 0.335 e. The molecule has 3 aromatic rings. The van der Waals surface area contributed by atoms with Crippen molar-refractivity contribution in [2.45, 2.75) is 50.9 Å². The maximum atomic E-state index is 13.6. The molecule has 4 aliphatic carbocycles. The average molecular weight is 620 g/mol. The van der Waals surface area contributed by atoms with Crippen LogP contribution in [0.5, 0.6) is 11.5 Å². The van der Waals surface area contributed by atoms with Gasteiger partial charge in [0.05, 0.1) is 12.8 Å². The number of carbonyl (C=O) groups excluding carboxylic acids is 4. The molecule has 5 amide bonds. The zero-order valence-corrected chi connectivity index (χ0v) is 26.0. The molecular formula is C37H37N3O6. The normalized spacial score (nSPS) is 25.9. The Morgan fingerprint density at radius 1 is 0.913 bits per heavy atom. The second kappa shape index (κ2) is 11.8. The number of anilines is 2. The molecule has 236 valence electrons. The number of rotatable bonds is 8. The van der Waals surface area contributed by atoms with Gasteiger partial charge in [-0.1, -0.05) is 35.9 Å². The largest absolute Gasteiger partial charge is 0.493 e. The number of ether oxygens (including phenoxy) is 2. The van der Waals surface area contributed by atoms with E-state index in [1.54, 1.807) is 18.2 Å². The second-order valence-electron chi connectivity index (χ2n) is 13.3. The number of hydrogen-bond donors (Lipinski definition) is 2. The Kier molecular flexibility index (Phi) is 7.63. The monoisotopic (exact) mass is 619 g/mol. The lowest BCUT2D eigenvalue weighted by atomic mass is 9.48. The van der Waals surface area contributed by atoms with Gasteiger partial charge in [-0.05, 0) is 122 Å². The van der Waals surface area contributed by atoms with E-state index in [2.05, 4.69) is 22.8 Å². The molecule has 8 rings (SSSR count). The van der Waals surface area contributed by atoms with Gasteiger partial charge in [0.2, 0.25) is 0 Å². The third kappa shape index (κ3) is 5.66. The fourth-order valence-corrected chi connectivity index (χ4v) is 8.36. The number of carbonyl (C=O) groups is 4. The molecular weight excluding hydrogens is 582 g/mol. The van der Waals surface area contributed by atoms with Crippen LogP contribution in [0, 0.1) is 24.7 Å². The van der Waals surface area contributed by atoms with E-state index in [0.29, 0.717) is 28.4 Å². The van der Waals surface area contributed by atoms with Crippen molar-refractivity contribution in [2.75, 3.05) is 23.9 Å². The molecule has 5 fully saturated rings. The van der Waals surface area contributed by atoms with E-state index in [0.717, 1.165) is 28.2 Å². The lowest BCUT2D eigenvalue weighted by molar-refractivity contribution is -0.122. The van der Waals surface area contributed by atoms with Crippen molar-refractivity contribution >= 4 is 41.2 Å². The minimum atomic E-state index is -0.778. The first kappa shape index (κ1) is 29.8. The molecule has 9 nitrogen and oxygen atoms in total. The van der Waals surface area contributed by atoms with E-state index in [1.165, 1.54) is 57.3 Å². The SMILES string of the molecule is COc1cc(/C=C2\C(=O)NC(=O)N(c3ccc(C45CC6CC(CC(C6)C4)C5)cc3)C2=O)ccc1OCC(=O)Nc1ccc(C)cc1. The van der Waals surface area contributed by atoms with Crippen LogP contribution >= 0.6 is 0 Å². The zero-order valence-electron chi connectivity index (χ0n) is 26.0. The van der Waals surface area contributed by atoms with Crippen LogP contribution in [-0.2, 0) is 19.8 Å². The third-order valence-corrected chi connectivity index (χ3v) is 10.1. The summed E-state index contributed by atoms with van der Waals surface area (Å²) < 4.78 is 11.2. The molecule has 1 heterocycles. The summed E-state index contributed by atoms with van der Waals surface area (Å²) in [5, 5.41) is 5.08. The van der Waals surface area contributed by atoms with Gasteiger partial charge >= 0.3 is 6.03 Å². The lowest BCUT2D eigenvalue weighted by Crippen LogP contribution is -2.54. The van der Waals surface area contributed by atoms with E-state index in [4.69, 9.17) is 9.47 Å². The fraction of sp³-hybridized carbons (Fsp3) is 0.351. The van der Waals surface area contributed by atoms with Gasteiger partial charge in [-0.15, -0.1) is 0 Å². The Balaban J connectivity index is 1.06. The van der Waals surface area contributed by atoms with Crippen LogP contribution in [0.3, 0.4) is 0 Å². The van der Waals surface area contributed by atoms with E-state index in [1.807, 2.05) is 43.3 Å². The fourth-order valence-electron chi connectivity index (χ4n) is 8.36. The number of methoxy groups -OCH3 is 1. The van der Waals surface area contributed by atoms with Gasteiger partial charge in [0, 0.05) is 5.69 Å². The topological polar surface area (TPSA) is 114 Å². The van der Waals surface area contributed by atoms with Gasteiger partial charge in [0.1, 0.15) is 5.57 Å². The highest BCUT2D eigenvalue weighted by molar-refractivity contribution is 6.39. The maximum Gasteiger partial charge on any atom is 0.335 e. The summed E-state index contributed by atoms with van der Waals surface area (Å²) in [4.78, 5) is 52.7. The summed E-state index contributed by atoms with van der Waals surface area (Å²) in [5.74, 6) is 1.24. The molecule has 5 aliphatic rings. The summed E-state index contributed by atoms with van der Waals surface area (Å²) in [7, 11) is 1.46. The van der Waals surface area contributed by atoms with Crippen LogP contribution < -0.4 is 25.0 Å². The molecule has 2 N–H and O–H groups in total. The van der Waals surface area contributed by atoms with Crippen molar-refractivity contribution in [1.82, 2.24) is 5.32 Å². The Bertz CT molecular complexity index is 1710. The molecule has 0 unspecified atom stereocenters. The first-order valence-corrected chi connectivity index (χ1v) is 15.9. The summed E-state index contributed by atoms with van der Waals surface area (Å²) >= 11 is 0. The van der Waals surface area contributed by atoms with Gasteiger partial charge in [-0.25, -0.2) is 9.69 Å². The summed E-state index contributed by atoms with van der Waals surface area (Å²) in [6, 6.07) is 19.3. The van der Waals surface area contributed by atoms with Gasteiger partial charge < -0.3 is 14.8 Å². The number of aryl methyl sites for hydroxylation is 1. The van der Waals surface area contributed by atoms with Gasteiger partial charge in [0.15, 0.2) is 18.1 Å². The van der Waals surface area contributed by atoms with Crippen LogP contribution in [-0.4, -0.2) is 37.5 Å². The summed E-state index contributed by atoms with van der Waals surface area (Å²) in [6.45, 7) is 1.72. The molecule has 9 heteroatoms. The number of hydrogen-bond acceptors (Lipinski definition) is 6. The molecule has 46 heavy (non-hydrogen) atoms. The lowest BCUT2D eigenvalue weighted by Gasteiger charge is -2.57. The van der Waals surface area contributed by atoms with Crippen molar-refractivity contribution in [3.8, 4) is 11.5 Å². The maximum absolute atomic E-state index is 13.6. The molecule has 4 saturated carbocycles. The van der Waals surface area contributed by atoms with Crippen molar-refractivity contribution in [2.24, 2.45) is 17.8 Å². The number of amides is 5. The number of imide groups is 2. The Hall–Kier alpha value is -4.92. The van der Waals surface area contributed by atoms with Gasteiger partial charge in [-0.3, -0.25) is 19.7 Å². The van der Waals surface area contributed by atoms with Crippen LogP contribution in [0.15, 0.2) is 72.3 Å². The van der Waals surface area contributed by atoms with Crippen LogP contribution in [0.1, 0.15) is 55.2 Å². The van der Waals surface area contributed by atoms with E-state index in [9.17, 15) is 19.2 Å². The highest BCUT2D eigenvalue weighted by atomic mass is 16.5. The quantitative estimate of drug-likeness (QED) is 0.231. The minimum absolute atomic E-state index is 0.182. The molecule has 1 saturated heterocycles. The van der Waals surface area contributed by atoms with E-state index < -0.39 is 17.8 Å². The van der Waals surface area contributed by atoms with Crippen LogP contribution in [0.2, 0.25) is 0 Å². The zero-order chi connectivity index (χ0) is 32.0. The number of barbiturate groups is 1. The summed E-state index contributed by atoms with van der Waals surface area (Å²) in [6.07, 6.45) is 9.14. The van der Waals surface area contributed by atoms with Crippen molar-refractivity contribution in [1.29, 1.82) is 0 Å². The van der Waals surface area contributed by atoms with Crippen molar-refractivity contribution < 1.29 is 28.7 Å². The number of nitrogens with zero attached hydrogens (tertiary/aromatic N) is 1. The first-order chi connectivity index (χ1) is 22.2. The highest BCUT2D eigenvalue weighted by Crippen LogP contribution is 2.60. The predicted octanol–water partition coefficient (Wildman–Crippen LogP) is 6.16. The minimum Gasteiger partial charge on any atom is -0.493 e. The number of nitrogens with one attached hydrogen (secondary N) is 2. The Morgan fingerprint density at radius 3 is 2.20 bits per heavy atom. The molecule has 0 radical (unpaired) electrons. The van der Waals surface area contributed by atoms with Gasteiger partial charge in [0.25, 0.3) is 17.7 Å². The van der Waals surface area contributed by atoms with Gasteiger partial charge in [-0.2, -0.15) is 0 Å². The first-order valence-electron chi connectivity index (χ1n) is 15.9. The predicted molar refractivity (Wildman–Crippen MR) is 174 cm³/mol. The number of benzene rings is 3. The molecule has 0 atom stereocenters. The van der Waals surface area contributed by atoms with Crippen molar-refractivity contribution in [3.63, 3.8) is 0 Å². The highest BCUT2D eigenvalue weighted by Gasteiger charge is 2.51. The summed E-state index contributed by atoms with van der Waals surface area (Å²) in [5.41, 5.74) is 3.95. The second-order valence-corrected chi connectivity index (χ2v) is 13.3. The molecule has 0 aromatic heterocycles. The Labute approximate surface area is 267 Å². The number of urea groups is 1. The molecule has 0 spiro atoms. The van der Waals surface area contributed by atoms with E-state index in [-0.39, 0.29) is 23.5 Å². The third-order valence-electron chi connectivity index (χ3n) is 10.1. The molecule has 4 bridgehead atoms. The van der Waals surface area contributed by atoms with Crippen molar-refractivity contribution in [3.05, 3.63) is 89.0 Å². The van der Waals surface area contributed by atoms with Crippen LogP contribution in [0.4, 0.5) is 16.2 Å². The molecule has 3 aromatic carbocycles.